The fraction of sp³-hybridized carbons (Fsp3) is 0.857. The minimum absolute atomic E-state index is 0. The van der Waals surface area contributed by atoms with E-state index in [2.05, 4.69) is 6.92 Å². The van der Waals surface area contributed by atoms with Crippen molar-refractivity contribution in [1.82, 2.24) is 0 Å². The summed E-state index contributed by atoms with van der Waals surface area (Å²) in [6.45, 7) is 3.41. The molecule has 0 bridgehead atoms. The van der Waals surface area contributed by atoms with Crippen LogP contribution in [0.4, 0.5) is 0 Å². The standard InChI is InChI=1S/C7H13OS.2Na.2HO3P/c1-6(4-8)7-2-3-9-5-7;;;2*1-4(2)3/h4,6-8H,2-3,5H2,1H3;;;2*(H-,1,2,3)/q-1;2*+1;;/p+2. The van der Waals surface area contributed by atoms with Crippen molar-refractivity contribution >= 4 is 28.3 Å². The predicted molar refractivity (Wildman–Crippen MR) is 64.9 cm³/mol. The Labute approximate surface area is 163 Å². The third-order valence-corrected chi connectivity index (χ3v) is 3.13. The summed E-state index contributed by atoms with van der Waals surface area (Å²) in [5.41, 5.74) is 0. The number of rotatable bonds is 2. The van der Waals surface area contributed by atoms with Gasteiger partial charge in [-0.05, 0) is 17.9 Å². The Hall–Kier alpha value is 2.35. The summed E-state index contributed by atoms with van der Waals surface area (Å²) in [5, 5.41) is 8.66. The molecule has 2 unspecified atom stereocenters. The van der Waals surface area contributed by atoms with E-state index >= 15 is 0 Å². The van der Waals surface area contributed by atoms with Gasteiger partial charge in [0.2, 0.25) is 0 Å². The number of thioether (sulfide) groups is 1. The fourth-order valence-electron chi connectivity index (χ4n) is 1.09. The molecule has 5 N–H and O–H groups in total. The normalized spacial score (nSPS) is 17.3. The van der Waals surface area contributed by atoms with Crippen molar-refractivity contribution in [3.05, 3.63) is 6.61 Å². The SMILES string of the molecule is CC([CH-]O)C1CCSC1.O=[P+](O)O.O=[P+](O)O.[Na+].[Na+]. The molecule has 1 aliphatic rings. The maximum atomic E-state index is 8.70. The second kappa shape index (κ2) is 20.3. The molecule has 1 rings (SSSR count). The zero-order valence-electron chi connectivity index (χ0n) is 11.2. The Morgan fingerprint density at radius 1 is 1.16 bits per heavy atom. The molecular formula is C7H17Na2O7P2S+3. The summed E-state index contributed by atoms with van der Waals surface area (Å²) in [6, 6.07) is 0. The zero-order valence-corrected chi connectivity index (χ0v) is 17.8. The maximum Gasteiger partial charge on any atom is 1.00 e. The Morgan fingerprint density at radius 3 is 1.74 bits per heavy atom. The molecule has 0 aliphatic carbocycles. The third kappa shape index (κ3) is 29.1. The van der Waals surface area contributed by atoms with Crippen molar-refractivity contribution in [2.24, 2.45) is 11.8 Å². The van der Waals surface area contributed by atoms with E-state index in [4.69, 9.17) is 33.8 Å². The zero-order chi connectivity index (χ0) is 13.8. The van der Waals surface area contributed by atoms with Crippen LogP contribution in [-0.4, -0.2) is 36.2 Å². The Balaban J connectivity index is -0.0000000975. The summed E-state index contributed by atoms with van der Waals surface area (Å²) < 4.78 is 17.4. The van der Waals surface area contributed by atoms with E-state index in [-0.39, 0.29) is 59.1 Å². The first-order valence-corrected chi connectivity index (χ1v) is 8.05. The van der Waals surface area contributed by atoms with Gasteiger partial charge in [-0.1, -0.05) is 12.8 Å². The van der Waals surface area contributed by atoms with E-state index in [1.807, 2.05) is 11.8 Å². The summed E-state index contributed by atoms with van der Waals surface area (Å²) in [6.07, 6.45) is 1.28. The summed E-state index contributed by atoms with van der Waals surface area (Å²) in [7, 11) is -5.74. The Bertz CT molecular complexity index is 211. The van der Waals surface area contributed by atoms with E-state index in [0.717, 1.165) is 5.92 Å². The number of hydrogen-bond donors (Lipinski definition) is 5. The third-order valence-electron chi connectivity index (χ3n) is 1.94. The summed E-state index contributed by atoms with van der Waals surface area (Å²) in [4.78, 5) is 28.5. The first kappa shape index (κ1) is 29.4. The van der Waals surface area contributed by atoms with Gasteiger partial charge in [-0.2, -0.15) is 11.8 Å². The van der Waals surface area contributed by atoms with Gasteiger partial charge in [-0.15, -0.1) is 25.5 Å². The molecule has 0 radical (unpaired) electrons. The largest absolute Gasteiger partial charge is 1.00 e. The van der Waals surface area contributed by atoms with E-state index in [1.165, 1.54) is 24.5 Å². The number of hydrogen-bond acceptors (Lipinski definition) is 4. The number of aliphatic hydroxyl groups excluding tert-OH is 1. The molecule has 102 valence electrons. The van der Waals surface area contributed by atoms with Gasteiger partial charge in [-0.25, -0.2) is 6.61 Å². The molecule has 12 heteroatoms. The second-order valence-electron chi connectivity index (χ2n) is 3.14. The summed E-state index contributed by atoms with van der Waals surface area (Å²) in [5.74, 6) is 3.65. The molecule has 1 fully saturated rings. The first-order valence-electron chi connectivity index (χ1n) is 4.56. The predicted octanol–water partition coefficient (Wildman–Crippen LogP) is -4.83. The van der Waals surface area contributed by atoms with Crippen molar-refractivity contribution in [3.63, 3.8) is 0 Å². The van der Waals surface area contributed by atoms with E-state index in [1.54, 1.807) is 0 Å². The van der Waals surface area contributed by atoms with Crippen LogP contribution >= 0.6 is 28.3 Å². The molecule has 0 amide bonds. The molecular weight excluding hydrogens is 336 g/mol. The van der Waals surface area contributed by atoms with Gasteiger partial charge in [0.1, 0.15) is 0 Å². The Kier molecular flexibility index (Phi) is 31.5. The topological polar surface area (TPSA) is 135 Å². The van der Waals surface area contributed by atoms with Gasteiger partial charge >= 0.3 is 75.6 Å². The van der Waals surface area contributed by atoms with Gasteiger partial charge in [-0.3, -0.25) is 0 Å². The van der Waals surface area contributed by atoms with E-state index < -0.39 is 16.5 Å². The van der Waals surface area contributed by atoms with Crippen LogP contribution in [0.5, 0.6) is 0 Å². The monoisotopic (exact) mass is 353 g/mol. The second-order valence-corrected chi connectivity index (χ2v) is 5.30. The Morgan fingerprint density at radius 2 is 1.53 bits per heavy atom. The van der Waals surface area contributed by atoms with Crippen LogP contribution in [0.1, 0.15) is 13.3 Å². The maximum absolute atomic E-state index is 8.70. The molecule has 7 nitrogen and oxygen atoms in total. The van der Waals surface area contributed by atoms with Crippen molar-refractivity contribution in [3.8, 4) is 0 Å². The molecule has 0 saturated carbocycles. The van der Waals surface area contributed by atoms with Crippen LogP contribution in [0.2, 0.25) is 0 Å². The molecule has 1 aliphatic heterocycles. The van der Waals surface area contributed by atoms with Crippen LogP contribution in [-0.2, 0) is 9.13 Å². The van der Waals surface area contributed by atoms with Crippen molar-refractivity contribution in [2.75, 3.05) is 11.5 Å². The molecule has 0 aromatic heterocycles. The smallest absolute Gasteiger partial charge is 0.566 e. The first-order chi connectivity index (χ1) is 7.81. The van der Waals surface area contributed by atoms with Gasteiger partial charge in [0, 0.05) is 9.13 Å². The van der Waals surface area contributed by atoms with Crippen LogP contribution < -0.4 is 59.1 Å². The quantitative estimate of drug-likeness (QED) is 0.190. The molecule has 19 heavy (non-hydrogen) atoms. The van der Waals surface area contributed by atoms with Crippen LogP contribution in [0.25, 0.3) is 0 Å². The molecule has 0 spiro atoms. The van der Waals surface area contributed by atoms with Crippen molar-refractivity contribution in [2.45, 2.75) is 13.3 Å². The summed E-state index contributed by atoms with van der Waals surface area (Å²) >= 11 is 1.99. The van der Waals surface area contributed by atoms with Crippen LogP contribution in [0, 0.1) is 18.4 Å². The van der Waals surface area contributed by atoms with Gasteiger partial charge in [0.25, 0.3) is 0 Å². The minimum Gasteiger partial charge on any atom is -0.566 e. The van der Waals surface area contributed by atoms with Crippen LogP contribution in [0.15, 0.2) is 0 Å². The van der Waals surface area contributed by atoms with Crippen molar-refractivity contribution in [1.29, 1.82) is 0 Å². The molecule has 2 atom stereocenters. The molecule has 0 aromatic carbocycles. The van der Waals surface area contributed by atoms with Crippen molar-refractivity contribution < 1.29 is 92.9 Å². The van der Waals surface area contributed by atoms with E-state index in [0.29, 0.717) is 5.92 Å². The molecule has 0 aromatic rings. The fourth-order valence-corrected chi connectivity index (χ4v) is 2.50. The van der Waals surface area contributed by atoms with Crippen LogP contribution in [0.3, 0.4) is 0 Å². The van der Waals surface area contributed by atoms with Gasteiger partial charge in [0.05, 0.1) is 0 Å². The molecule has 1 saturated heterocycles. The number of aliphatic hydroxyl groups is 1. The van der Waals surface area contributed by atoms with E-state index in [9.17, 15) is 0 Å². The van der Waals surface area contributed by atoms with Gasteiger partial charge in [0.15, 0.2) is 0 Å². The average Bonchev–Trinajstić information content (AvgIpc) is 2.67. The van der Waals surface area contributed by atoms with Gasteiger partial charge < -0.3 is 5.11 Å². The average molecular weight is 353 g/mol. The minimum atomic E-state index is -2.87. The molecule has 1 heterocycles.